The van der Waals surface area contributed by atoms with Gasteiger partial charge in [-0.25, -0.2) is 5.84 Å². The van der Waals surface area contributed by atoms with Crippen molar-refractivity contribution in [3.63, 3.8) is 0 Å². The van der Waals surface area contributed by atoms with Gasteiger partial charge in [-0.1, -0.05) is 30.3 Å². The molecular weight excluding hydrogens is 278 g/mol. The van der Waals surface area contributed by atoms with E-state index in [0.29, 0.717) is 18.7 Å². The number of hydrazine groups is 1. The molecule has 0 aliphatic rings. The molecule has 0 unspecified atom stereocenters. The Kier molecular flexibility index (Phi) is 5.80. The molecule has 0 heterocycles. The number of ether oxygens (including phenoxy) is 1. The third-order valence-electron chi connectivity index (χ3n) is 3.29. The van der Waals surface area contributed by atoms with Gasteiger partial charge in [0, 0.05) is 12.2 Å². The molecule has 22 heavy (non-hydrogen) atoms. The molecule has 0 spiro atoms. The maximum absolute atomic E-state index is 11.6. The van der Waals surface area contributed by atoms with E-state index in [1.165, 1.54) is 0 Å². The summed E-state index contributed by atoms with van der Waals surface area (Å²) < 4.78 is 5.73. The van der Waals surface area contributed by atoms with Gasteiger partial charge in [-0.2, -0.15) is 0 Å². The minimum absolute atomic E-state index is 0.306. The highest BCUT2D eigenvalue weighted by molar-refractivity contribution is 5.99. The van der Waals surface area contributed by atoms with Gasteiger partial charge in [0.15, 0.2) is 0 Å². The number of nitrogen functional groups attached to an aromatic ring is 1. The van der Waals surface area contributed by atoms with Crippen LogP contribution in [0, 0.1) is 6.92 Å². The molecule has 2 aromatic rings. The zero-order valence-corrected chi connectivity index (χ0v) is 12.6. The Bertz CT molecular complexity index is 629. The van der Waals surface area contributed by atoms with Gasteiger partial charge in [-0.05, 0) is 37.1 Å². The van der Waals surface area contributed by atoms with Crippen molar-refractivity contribution in [3.8, 4) is 5.75 Å². The lowest BCUT2D eigenvalue weighted by atomic mass is 10.1. The Hall–Kier alpha value is -2.53. The quantitative estimate of drug-likeness (QED) is 0.318. The van der Waals surface area contributed by atoms with Gasteiger partial charge in [-0.15, -0.1) is 0 Å². The zero-order valence-electron chi connectivity index (χ0n) is 12.6. The van der Waals surface area contributed by atoms with Gasteiger partial charge in [-0.3, -0.25) is 10.2 Å². The van der Waals surface area contributed by atoms with Crippen LogP contribution in [0.1, 0.15) is 22.3 Å². The highest BCUT2D eigenvalue weighted by Crippen LogP contribution is 2.17. The first kappa shape index (κ1) is 15.9. The second-order valence-electron chi connectivity index (χ2n) is 4.91. The van der Waals surface area contributed by atoms with Crippen LogP contribution in [0.25, 0.3) is 0 Å². The molecule has 2 aromatic carbocycles. The SMILES string of the molecule is Cc1ccccc1OCCCNc1ccccc1C(=O)NN. The Morgan fingerprint density at radius 2 is 1.86 bits per heavy atom. The van der Waals surface area contributed by atoms with Crippen molar-refractivity contribution in [2.24, 2.45) is 5.84 Å². The predicted octanol–water partition coefficient (Wildman–Crippen LogP) is 2.48. The molecule has 5 heteroatoms. The second-order valence-corrected chi connectivity index (χ2v) is 4.91. The Morgan fingerprint density at radius 1 is 1.14 bits per heavy atom. The Balaban J connectivity index is 1.80. The summed E-state index contributed by atoms with van der Waals surface area (Å²) in [6, 6.07) is 15.2. The lowest BCUT2D eigenvalue weighted by molar-refractivity contribution is 0.0954. The van der Waals surface area contributed by atoms with Crippen LogP contribution in [0.2, 0.25) is 0 Å². The number of anilines is 1. The summed E-state index contributed by atoms with van der Waals surface area (Å²) in [7, 11) is 0. The molecule has 116 valence electrons. The largest absolute Gasteiger partial charge is 0.493 e. The molecule has 0 radical (unpaired) electrons. The summed E-state index contributed by atoms with van der Waals surface area (Å²) in [4.78, 5) is 11.6. The van der Waals surface area contributed by atoms with Crippen LogP contribution in [0.4, 0.5) is 5.69 Å². The number of carbonyl (C=O) groups is 1. The topological polar surface area (TPSA) is 76.4 Å². The van der Waals surface area contributed by atoms with Gasteiger partial charge in [0.2, 0.25) is 0 Å². The van der Waals surface area contributed by atoms with Crippen LogP contribution < -0.4 is 21.3 Å². The molecule has 0 fully saturated rings. The van der Waals surface area contributed by atoms with Crippen LogP contribution in [0.15, 0.2) is 48.5 Å². The minimum atomic E-state index is -0.306. The van der Waals surface area contributed by atoms with E-state index in [-0.39, 0.29) is 5.91 Å². The molecule has 0 atom stereocenters. The molecule has 0 bridgehead atoms. The third-order valence-corrected chi connectivity index (χ3v) is 3.29. The highest BCUT2D eigenvalue weighted by atomic mass is 16.5. The molecule has 0 aliphatic heterocycles. The molecule has 0 aromatic heterocycles. The van der Waals surface area contributed by atoms with E-state index < -0.39 is 0 Å². The van der Waals surface area contributed by atoms with E-state index in [1.54, 1.807) is 12.1 Å². The minimum Gasteiger partial charge on any atom is -0.493 e. The fourth-order valence-electron chi connectivity index (χ4n) is 2.11. The van der Waals surface area contributed by atoms with Crippen LogP contribution >= 0.6 is 0 Å². The standard InChI is InChI=1S/C17H21N3O2/c1-13-7-2-5-10-16(13)22-12-6-11-19-15-9-4-3-8-14(15)17(21)20-18/h2-5,7-10,19H,6,11-12,18H2,1H3,(H,20,21). The van der Waals surface area contributed by atoms with Crippen molar-refractivity contribution in [1.29, 1.82) is 0 Å². The second kappa shape index (κ2) is 8.05. The third kappa shape index (κ3) is 4.23. The van der Waals surface area contributed by atoms with E-state index in [1.807, 2.05) is 43.3 Å². The van der Waals surface area contributed by atoms with Crippen LogP contribution in [-0.2, 0) is 0 Å². The van der Waals surface area contributed by atoms with Crippen molar-refractivity contribution < 1.29 is 9.53 Å². The number of benzene rings is 2. The smallest absolute Gasteiger partial charge is 0.267 e. The fraction of sp³-hybridized carbons (Fsp3) is 0.235. The van der Waals surface area contributed by atoms with Gasteiger partial charge in [0.05, 0.1) is 12.2 Å². The van der Waals surface area contributed by atoms with E-state index >= 15 is 0 Å². The summed E-state index contributed by atoms with van der Waals surface area (Å²) in [6.07, 6.45) is 0.826. The highest BCUT2D eigenvalue weighted by Gasteiger charge is 2.08. The number of nitrogens with two attached hydrogens (primary N) is 1. The zero-order chi connectivity index (χ0) is 15.8. The lowest BCUT2D eigenvalue weighted by Crippen LogP contribution is -2.30. The molecule has 0 saturated heterocycles. The number of rotatable bonds is 7. The number of aryl methyl sites for hydroxylation is 1. The molecular formula is C17H21N3O2. The van der Waals surface area contributed by atoms with E-state index in [0.717, 1.165) is 23.4 Å². The van der Waals surface area contributed by atoms with E-state index in [2.05, 4.69) is 10.7 Å². The summed E-state index contributed by atoms with van der Waals surface area (Å²) in [5, 5.41) is 3.23. The van der Waals surface area contributed by atoms with Crippen molar-refractivity contribution in [2.45, 2.75) is 13.3 Å². The molecule has 2 rings (SSSR count). The number of amides is 1. The molecule has 4 N–H and O–H groups in total. The molecule has 1 amide bonds. The summed E-state index contributed by atoms with van der Waals surface area (Å²) in [5.41, 5.74) is 4.57. The van der Waals surface area contributed by atoms with Gasteiger partial charge in [0.25, 0.3) is 5.91 Å². The van der Waals surface area contributed by atoms with E-state index in [9.17, 15) is 4.79 Å². The Morgan fingerprint density at radius 3 is 2.64 bits per heavy atom. The van der Waals surface area contributed by atoms with Gasteiger partial charge in [0.1, 0.15) is 5.75 Å². The lowest BCUT2D eigenvalue weighted by Gasteiger charge is -2.12. The number of hydrogen-bond acceptors (Lipinski definition) is 4. The summed E-state index contributed by atoms with van der Waals surface area (Å²) >= 11 is 0. The number of hydrogen-bond donors (Lipinski definition) is 3. The average molecular weight is 299 g/mol. The van der Waals surface area contributed by atoms with Crippen molar-refractivity contribution in [1.82, 2.24) is 5.43 Å². The monoisotopic (exact) mass is 299 g/mol. The van der Waals surface area contributed by atoms with Crippen LogP contribution in [0.3, 0.4) is 0 Å². The summed E-state index contributed by atoms with van der Waals surface area (Å²) in [5.74, 6) is 5.78. The number of nitrogens with one attached hydrogen (secondary N) is 2. The average Bonchev–Trinajstić information content (AvgIpc) is 2.56. The normalized spacial score (nSPS) is 10.1. The number of para-hydroxylation sites is 2. The molecule has 0 aliphatic carbocycles. The maximum atomic E-state index is 11.6. The molecule has 5 nitrogen and oxygen atoms in total. The summed E-state index contributed by atoms with van der Waals surface area (Å²) in [6.45, 7) is 3.35. The first-order valence-electron chi connectivity index (χ1n) is 7.24. The Labute approximate surface area is 130 Å². The maximum Gasteiger partial charge on any atom is 0.267 e. The fourth-order valence-corrected chi connectivity index (χ4v) is 2.11. The first-order chi connectivity index (χ1) is 10.7. The van der Waals surface area contributed by atoms with Crippen LogP contribution in [0.5, 0.6) is 5.75 Å². The molecule has 0 saturated carbocycles. The van der Waals surface area contributed by atoms with Crippen molar-refractivity contribution >= 4 is 11.6 Å². The van der Waals surface area contributed by atoms with Crippen LogP contribution in [-0.4, -0.2) is 19.1 Å². The van der Waals surface area contributed by atoms with Crippen molar-refractivity contribution in [2.75, 3.05) is 18.5 Å². The van der Waals surface area contributed by atoms with E-state index in [4.69, 9.17) is 10.6 Å². The van der Waals surface area contributed by atoms with Gasteiger partial charge >= 0.3 is 0 Å². The first-order valence-corrected chi connectivity index (χ1v) is 7.24. The predicted molar refractivity (Wildman–Crippen MR) is 87.9 cm³/mol. The number of carbonyl (C=O) groups excluding carboxylic acids is 1. The van der Waals surface area contributed by atoms with Gasteiger partial charge < -0.3 is 10.1 Å². The van der Waals surface area contributed by atoms with Crippen molar-refractivity contribution in [3.05, 3.63) is 59.7 Å².